The molecule has 0 radical (unpaired) electrons. The maximum Gasteiger partial charge on any atom is 0.322 e. The van der Waals surface area contributed by atoms with E-state index in [9.17, 15) is 4.79 Å². The lowest BCUT2D eigenvalue weighted by atomic mass is 10.0. The van der Waals surface area contributed by atoms with Gasteiger partial charge in [-0.1, -0.05) is 54.1 Å². The quantitative estimate of drug-likeness (QED) is 0.734. The van der Waals surface area contributed by atoms with Gasteiger partial charge in [-0.25, -0.2) is 4.79 Å². The van der Waals surface area contributed by atoms with E-state index < -0.39 is 0 Å². The van der Waals surface area contributed by atoms with Gasteiger partial charge < -0.3 is 10.2 Å². The summed E-state index contributed by atoms with van der Waals surface area (Å²) in [4.78, 5) is 14.7. The summed E-state index contributed by atoms with van der Waals surface area (Å²) in [5.41, 5.74) is 1.88. The molecule has 24 heavy (non-hydrogen) atoms. The number of amides is 2. The van der Waals surface area contributed by atoms with E-state index in [0.29, 0.717) is 11.6 Å². The fourth-order valence-corrected chi connectivity index (χ4v) is 3.02. The van der Waals surface area contributed by atoms with Gasteiger partial charge >= 0.3 is 6.03 Å². The normalized spacial score (nSPS) is 16.6. The highest BCUT2D eigenvalue weighted by Crippen LogP contribution is 2.21. The van der Waals surface area contributed by atoms with Gasteiger partial charge in [0.1, 0.15) is 0 Å². The molecule has 0 saturated heterocycles. The van der Waals surface area contributed by atoms with E-state index in [1.807, 2.05) is 59.5 Å². The lowest BCUT2D eigenvalue weighted by molar-refractivity contribution is 0.191. The maximum atomic E-state index is 12.8. The summed E-state index contributed by atoms with van der Waals surface area (Å²) in [6.45, 7) is 0.560. The first-order chi connectivity index (χ1) is 11.7. The number of benzene rings is 2. The van der Waals surface area contributed by atoms with Crippen LogP contribution >= 0.6 is 11.6 Å². The van der Waals surface area contributed by atoms with E-state index in [-0.39, 0.29) is 12.1 Å². The van der Waals surface area contributed by atoms with E-state index in [1.165, 1.54) is 0 Å². The molecule has 4 heteroatoms. The van der Waals surface area contributed by atoms with Crippen LogP contribution < -0.4 is 5.32 Å². The van der Waals surface area contributed by atoms with Crippen LogP contribution in [-0.4, -0.2) is 17.0 Å². The van der Waals surface area contributed by atoms with Gasteiger partial charge in [-0.05, 0) is 49.1 Å². The Morgan fingerprint density at radius 3 is 2.54 bits per heavy atom. The zero-order valence-electron chi connectivity index (χ0n) is 13.5. The van der Waals surface area contributed by atoms with Crippen molar-refractivity contribution in [2.45, 2.75) is 31.8 Å². The zero-order chi connectivity index (χ0) is 16.8. The standard InChI is InChI=1S/C20H21ClN2O/c21-17-13-11-16(12-14-17)15-23(19-9-5-2-6-10-19)20(24)22-18-7-3-1-4-8-18/h1,3-5,7-9,11-14,19H,2,6,10,15H2,(H,22,24). The largest absolute Gasteiger partial charge is 0.322 e. The Kier molecular flexibility index (Phi) is 5.55. The molecule has 1 N–H and O–H groups in total. The minimum atomic E-state index is -0.0762. The van der Waals surface area contributed by atoms with Crippen molar-refractivity contribution in [3.8, 4) is 0 Å². The zero-order valence-corrected chi connectivity index (χ0v) is 14.2. The lowest BCUT2D eigenvalue weighted by Crippen LogP contribution is -2.42. The number of carbonyl (C=O) groups excluding carboxylic acids is 1. The molecule has 0 spiro atoms. The van der Waals surface area contributed by atoms with Crippen molar-refractivity contribution in [2.75, 3.05) is 5.32 Å². The molecule has 3 rings (SSSR count). The van der Waals surface area contributed by atoms with Crippen molar-refractivity contribution in [3.63, 3.8) is 0 Å². The van der Waals surface area contributed by atoms with Crippen LogP contribution in [0.5, 0.6) is 0 Å². The molecular weight excluding hydrogens is 320 g/mol. The van der Waals surface area contributed by atoms with Crippen molar-refractivity contribution in [2.24, 2.45) is 0 Å². The summed E-state index contributed by atoms with van der Waals surface area (Å²) < 4.78 is 0. The van der Waals surface area contributed by atoms with Crippen LogP contribution in [0.2, 0.25) is 5.02 Å². The van der Waals surface area contributed by atoms with Crippen molar-refractivity contribution >= 4 is 23.3 Å². The first-order valence-corrected chi connectivity index (χ1v) is 8.64. The van der Waals surface area contributed by atoms with E-state index in [0.717, 1.165) is 30.5 Å². The number of nitrogens with one attached hydrogen (secondary N) is 1. The van der Waals surface area contributed by atoms with E-state index in [1.54, 1.807) is 0 Å². The first kappa shape index (κ1) is 16.6. The molecule has 2 amide bonds. The molecule has 1 aliphatic rings. The molecule has 2 aromatic rings. The van der Waals surface area contributed by atoms with Gasteiger partial charge in [0.05, 0.1) is 6.04 Å². The molecule has 124 valence electrons. The van der Waals surface area contributed by atoms with E-state index in [2.05, 4.69) is 17.5 Å². The number of rotatable bonds is 4. The van der Waals surface area contributed by atoms with Crippen molar-refractivity contribution < 1.29 is 4.79 Å². The molecule has 0 saturated carbocycles. The van der Waals surface area contributed by atoms with Crippen LogP contribution in [0.4, 0.5) is 10.5 Å². The molecule has 0 heterocycles. The Hall–Kier alpha value is -2.26. The van der Waals surface area contributed by atoms with E-state index in [4.69, 9.17) is 11.6 Å². The third-order valence-corrected chi connectivity index (χ3v) is 4.43. The first-order valence-electron chi connectivity index (χ1n) is 8.26. The van der Waals surface area contributed by atoms with Crippen LogP contribution in [0.15, 0.2) is 66.7 Å². The van der Waals surface area contributed by atoms with Crippen LogP contribution in [0.3, 0.4) is 0 Å². The van der Waals surface area contributed by atoms with Gasteiger partial charge in [0.25, 0.3) is 0 Å². The highest BCUT2D eigenvalue weighted by molar-refractivity contribution is 6.30. The Morgan fingerprint density at radius 1 is 1.12 bits per heavy atom. The molecule has 0 bridgehead atoms. The molecule has 0 aromatic heterocycles. The Labute approximate surface area is 147 Å². The highest BCUT2D eigenvalue weighted by atomic mass is 35.5. The van der Waals surface area contributed by atoms with Crippen LogP contribution in [0.25, 0.3) is 0 Å². The average molecular weight is 341 g/mol. The predicted molar refractivity (Wildman–Crippen MR) is 99.2 cm³/mol. The lowest BCUT2D eigenvalue weighted by Gasteiger charge is -2.31. The SMILES string of the molecule is O=C(Nc1ccccc1)N(Cc1ccc(Cl)cc1)C1C=CCCC1. The van der Waals surface area contributed by atoms with Gasteiger partial charge in [-0.2, -0.15) is 0 Å². The fraction of sp³-hybridized carbons (Fsp3) is 0.250. The number of hydrogen-bond donors (Lipinski definition) is 1. The molecule has 0 aliphatic heterocycles. The Bertz CT molecular complexity index is 697. The molecule has 3 nitrogen and oxygen atoms in total. The molecule has 1 unspecified atom stereocenters. The number of halogens is 1. The molecule has 1 atom stereocenters. The number of hydrogen-bond acceptors (Lipinski definition) is 1. The number of para-hydroxylation sites is 1. The number of urea groups is 1. The topological polar surface area (TPSA) is 32.3 Å². The third-order valence-electron chi connectivity index (χ3n) is 4.18. The highest BCUT2D eigenvalue weighted by Gasteiger charge is 2.23. The summed E-state index contributed by atoms with van der Waals surface area (Å²) in [6.07, 6.45) is 7.50. The molecular formula is C20H21ClN2O. The monoisotopic (exact) mass is 340 g/mol. The maximum absolute atomic E-state index is 12.8. The molecule has 1 aliphatic carbocycles. The Balaban J connectivity index is 1.78. The van der Waals surface area contributed by atoms with Crippen molar-refractivity contribution in [3.05, 3.63) is 77.3 Å². The average Bonchev–Trinajstić information content (AvgIpc) is 2.63. The summed E-state index contributed by atoms with van der Waals surface area (Å²) in [5, 5.41) is 3.70. The van der Waals surface area contributed by atoms with Crippen LogP contribution in [-0.2, 0) is 6.54 Å². The van der Waals surface area contributed by atoms with Crippen LogP contribution in [0.1, 0.15) is 24.8 Å². The molecule has 0 fully saturated rings. The number of carbonyl (C=O) groups is 1. The summed E-state index contributed by atoms with van der Waals surface area (Å²) in [5.74, 6) is 0. The second-order valence-electron chi connectivity index (χ2n) is 5.98. The molecule has 2 aromatic carbocycles. The minimum absolute atomic E-state index is 0.0762. The van der Waals surface area contributed by atoms with Gasteiger partial charge in [-0.3, -0.25) is 0 Å². The minimum Gasteiger partial charge on any atom is -0.314 e. The summed E-state index contributed by atoms with van der Waals surface area (Å²) in [6, 6.07) is 17.3. The predicted octanol–water partition coefficient (Wildman–Crippen LogP) is 5.48. The summed E-state index contributed by atoms with van der Waals surface area (Å²) in [7, 11) is 0. The third kappa shape index (κ3) is 4.39. The summed E-state index contributed by atoms with van der Waals surface area (Å²) >= 11 is 5.96. The Morgan fingerprint density at radius 2 is 1.88 bits per heavy atom. The fourth-order valence-electron chi connectivity index (χ4n) is 2.90. The van der Waals surface area contributed by atoms with Gasteiger partial charge in [0.2, 0.25) is 0 Å². The van der Waals surface area contributed by atoms with E-state index >= 15 is 0 Å². The number of nitrogens with zero attached hydrogens (tertiary/aromatic N) is 1. The smallest absolute Gasteiger partial charge is 0.314 e. The number of allylic oxidation sites excluding steroid dienone is 1. The van der Waals surface area contributed by atoms with Crippen molar-refractivity contribution in [1.29, 1.82) is 0 Å². The van der Waals surface area contributed by atoms with Gasteiger partial charge in [0, 0.05) is 17.3 Å². The van der Waals surface area contributed by atoms with Crippen LogP contribution in [0, 0.1) is 0 Å². The second kappa shape index (κ2) is 8.02. The van der Waals surface area contributed by atoms with Gasteiger partial charge in [0.15, 0.2) is 0 Å². The van der Waals surface area contributed by atoms with Crippen molar-refractivity contribution in [1.82, 2.24) is 4.90 Å². The van der Waals surface area contributed by atoms with Gasteiger partial charge in [-0.15, -0.1) is 0 Å². The second-order valence-corrected chi connectivity index (χ2v) is 6.41. The number of anilines is 1.